The summed E-state index contributed by atoms with van der Waals surface area (Å²) in [5, 5.41) is 2.92. The molecular formula is C10H20N2O2. The van der Waals surface area contributed by atoms with Crippen LogP contribution in [0.25, 0.3) is 0 Å². The summed E-state index contributed by atoms with van der Waals surface area (Å²) >= 11 is 0. The monoisotopic (exact) mass is 200 g/mol. The Hall–Kier alpha value is -0.610. The van der Waals surface area contributed by atoms with E-state index in [1.807, 2.05) is 6.92 Å². The summed E-state index contributed by atoms with van der Waals surface area (Å²) in [6, 6.07) is 0. The van der Waals surface area contributed by atoms with Gasteiger partial charge < -0.3 is 15.8 Å². The molecule has 2 atom stereocenters. The molecule has 0 aliphatic carbocycles. The number of ether oxygens (including phenoxy) is 1. The molecule has 1 saturated heterocycles. The van der Waals surface area contributed by atoms with Gasteiger partial charge in [-0.15, -0.1) is 0 Å². The highest BCUT2D eigenvalue weighted by Crippen LogP contribution is 2.20. The van der Waals surface area contributed by atoms with Crippen LogP contribution in [0.15, 0.2) is 0 Å². The number of hydrogen-bond donors (Lipinski definition) is 2. The molecule has 0 spiro atoms. The van der Waals surface area contributed by atoms with Gasteiger partial charge in [-0.25, -0.2) is 0 Å². The third kappa shape index (κ3) is 3.27. The summed E-state index contributed by atoms with van der Waals surface area (Å²) in [5.74, 6) is 0.180. The van der Waals surface area contributed by atoms with Crippen LogP contribution < -0.4 is 11.1 Å². The van der Waals surface area contributed by atoms with Crippen molar-refractivity contribution in [2.75, 3.05) is 19.7 Å². The second-order valence-electron chi connectivity index (χ2n) is 3.76. The van der Waals surface area contributed by atoms with Crippen molar-refractivity contribution in [3.05, 3.63) is 0 Å². The minimum Gasteiger partial charge on any atom is -0.378 e. The van der Waals surface area contributed by atoms with Gasteiger partial charge in [0.05, 0.1) is 12.0 Å². The van der Waals surface area contributed by atoms with E-state index >= 15 is 0 Å². The Morgan fingerprint density at radius 2 is 2.36 bits per heavy atom. The first-order chi connectivity index (χ1) is 6.75. The van der Waals surface area contributed by atoms with Crippen molar-refractivity contribution in [1.82, 2.24) is 5.32 Å². The predicted molar refractivity (Wildman–Crippen MR) is 54.8 cm³/mol. The summed E-state index contributed by atoms with van der Waals surface area (Å²) in [5.41, 5.74) is 5.36. The van der Waals surface area contributed by atoms with Gasteiger partial charge in [0.1, 0.15) is 0 Å². The zero-order chi connectivity index (χ0) is 10.4. The van der Waals surface area contributed by atoms with Crippen LogP contribution in [0.4, 0.5) is 0 Å². The lowest BCUT2D eigenvalue weighted by Crippen LogP contribution is -2.34. The molecule has 1 amide bonds. The van der Waals surface area contributed by atoms with Crippen LogP contribution in [-0.4, -0.2) is 31.7 Å². The average molecular weight is 200 g/mol. The minimum absolute atomic E-state index is 0.0490. The van der Waals surface area contributed by atoms with Gasteiger partial charge in [-0.2, -0.15) is 0 Å². The van der Waals surface area contributed by atoms with Gasteiger partial charge in [-0.3, -0.25) is 4.79 Å². The van der Waals surface area contributed by atoms with Gasteiger partial charge in [0.2, 0.25) is 5.91 Å². The van der Waals surface area contributed by atoms with Crippen LogP contribution in [0, 0.1) is 5.92 Å². The van der Waals surface area contributed by atoms with E-state index in [0.29, 0.717) is 13.2 Å². The van der Waals surface area contributed by atoms with Crippen LogP contribution >= 0.6 is 0 Å². The Labute approximate surface area is 85.2 Å². The molecule has 0 aromatic carbocycles. The molecule has 3 N–H and O–H groups in total. The molecule has 82 valence electrons. The third-order valence-corrected chi connectivity index (χ3v) is 2.64. The summed E-state index contributed by atoms with van der Waals surface area (Å²) in [6.45, 7) is 4.09. The first-order valence-corrected chi connectivity index (χ1v) is 5.35. The Bertz CT molecular complexity index is 185. The molecule has 4 heteroatoms. The molecule has 1 aliphatic heterocycles. The Balaban J connectivity index is 2.14. The Morgan fingerprint density at radius 1 is 1.57 bits per heavy atom. The maximum Gasteiger partial charge on any atom is 0.225 e. The van der Waals surface area contributed by atoms with Crippen LogP contribution in [0.2, 0.25) is 0 Å². The zero-order valence-electron chi connectivity index (χ0n) is 8.79. The molecule has 1 heterocycles. The van der Waals surface area contributed by atoms with Crippen molar-refractivity contribution in [2.24, 2.45) is 11.7 Å². The van der Waals surface area contributed by atoms with E-state index in [1.54, 1.807) is 0 Å². The Kier molecular flexibility index (Phi) is 4.90. The molecule has 4 nitrogen and oxygen atoms in total. The highest BCUT2D eigenvalue weighted by atomic mass is 16.5. The highest BCUT2D eigenvalue weighted by Gasteiger charge is 2.30. The minimum atomic E-state index is 0.0490. The number of rotatable bonds is 5. The maximum absolute atomic E-state index is 11.6. The number of nitrogens with two attached hydrogens (primary N) is 1. The standard InChI is InChI=1S/C10H20N2O2/c1-8-9(4-7-14-8)10(13)12-6-3-2-5-11/h8-9H,2-7,11H2,1H3,(H,12,13). The number of carbonyl (C=O) groups is 1. The summed E-state index contributed by atoms with van der Waals surface area (Å²) in [7, 11) is 0. The van der Waals surface area contributed by atoms with Crippen LogP contribution in [0.3, 0.4) is 0 Å². The van der Waals surface area contributed by atoms with E-state index in [0.717, 1.165) is 25.8 Å². The van der Waals surface area contributed by atoms with E-state index in [2.05, 4.69) is 5.32 Å². The second kappa shape index (κ2) is 5.98. The molecule has 0 radical (unpaired) electrons. The summed E-state index contributed by atoms with van der Waals surface area (Å²) in [6.07, 6.45) is 2.86. The fourth-order valence-electron chi connectivity index (χ4n) is 1.69. The van der Waals surface area contributed by atoms with Gasteiger partial charge >= 0.3 is 0 Å². The summed E-state index contributed by atoms with van der Waals surface area (Å²) in [4.78, 5) is 11.6. The number of amides is 1. The number of nitrogens with one attached hydrogen (secondary N) is 1. The lowest BCUT2D eigenvalue weighted by atomic mass is 10.0. The first-order valence-electron chi connectivity index (χ1n) is 5.35. The predicted octanol–water partition coefficient (Wildman–Crippen LogP) is 0.267. The molecule has 0 aromatic heterocycles. The maximum atomic E-state index is 11.6. The smallest absolute Gasteiger partial charge is 0.225 e. The van der Waals surface area contributed by atoms with Gasteiger partial charge in [0, 0.05) is 13.2 Å². The SMILES string of the molecule is CC1OCCC1C(=O)NCCCCN. The number of carbonyl (C=O) groups excluding carboxylic acids is 1. The lowest BCUT2D eigenvalue weighted by Gasteiger charge is -2.13. The third-order valence-electron chi connectivity index (χ3n) is 2.64. The molecular weight excluding hydrogens is 180 g/mol. The zero-order valence-corrected chi connectivity index (χ0v) is 8.79. The topological polar surface area (TPSA) is 64.3 Å². The molecule has 14 heavy (non-hydrogen) atoms. The van der Waals surface area contributed by atoms with Crippen molar-refractivity contribution < 1.29 is 9.53 Å². The van der Waals surface area contributed by atoms with Crippen molar-refractivity contribution in [1.29, 1.82) is 0 Å². The van der Waals surface area contributed by atoms with Crippen molar-refractivity contribution in [3.63, 3.8) is 0 Å². The lowest BCUT2D eigenvalue weighted by molar-refractivity contribution is -0.126. The van der Waals surface area contributed by atoms with Crippen LogP contribution in [0.1, 0.15) is 26.2 Å². The van der Waals surface area contributed by atoms with Crippen molar-refractivity contribution >= 4 is 5.91 Å². The van der Waals surface area contributed by atoms with Crippen molar-refractivity contribution in [2.45, 2.75) is 32.3 Å². The largest absolute Gasteiger partial charge is 0.378 e. The van der Waals surface area contributed by atoms with E-state index in [4.69, 9.17) is 10.5 Å². The van der Waals surface area contributed by atoms with E-state index in [-0.39, 0.29) is 17.9 Å². The number of unbranched alkanes of at least 4 members (excludes halogenated alkanes) is 1. The van der Waals surface area contributed by atoms with Gasteiger partial charge in [-0.05, 0) is 32.7 Å². The summed E-state index contributed by atoms with van der Waals surface area (Å²) < 4.78 is 5.33. The number of hydrogen-bond acceptors (Lipinski definition) is 3. The molecule has 0 aromatic rings. The second-order valence-corrected chi connectivity index (χ2v) is 3.76. The molecule has 2 unspecified atom stereocenters. The van der Waals surface area contributed by atoms with Gasteiger partial charge in [0.15, 0.2) is 0 Å². The quantitative estimate of drug-likeness (QED) is 0.626. The van der Waals surface area contributed by atoms with Crippen LogP contribution in [-0.2, 0) is 9.53 Å². The van der Waals surface area contributed by atoms with Crippen molar-refractivity contribution in [3.8, 4) is 0 Å². The van der Waals surface area contributed by atoms with E-state index < -0.39 is 0 Å². The molecule has 1 fully saturated rings. The molecule has 1 aliphatic rings. The van der Waals surface area contributed by atoms with Gasteiger partial charge in [0.25, 0.3) is 0 Å². The normalized spacial score (nSPS) is 26.4. The molecule has 1 rings (SSSR count). The van der Waals surface area contributed by atoms with Crippen LogP contribution in [0.5, 0.6) is 0 Å². The van der Waals surface area contributed by atoms with Gasteiger partial charge in [-0.1, -0.05) is 0 Å². The van der Waals surface area contributed by atoms with E-state index in [9.17, 15) is 4.79 Å². The Morgan fingerprint density at radius 3 is 2.93 bits per heavy atom. The fourth-order valence-corrected chi connectivity index (χ4v) is 1.69. The molecule has 0 bridgehead atoms. The van der Waals surface area contributed by atoms with E-state index in [1.165, 1.54) is 0 Å². The average Bonchev–Trinajstić information content (AvgIpc) is 2.59. The first kappa shape index (κ1) is 11.5. The highest BCUT2D eigenvalue weighted by molar-refractivity contribution is 5.79. The molecule has 0 saturated carbocycles. The fraction of sp³-hybridized carbons (Fsp3) is 0.900.